The zero-order valence-corrected chi connectivity index (χ0v) is 14.7. The molecular formula is C19H17N7O. The van der Waals surface area contributed by atoms with Gasteiger partial charge in [0.1, 0.15) is 6.33 Å². The second kappa shape index (κ2) is 7.20. The summed E-state index contributed by atoms with van der Waals surface area (Å²) in [6.07, 6.45) is 5.16. The second-order valence-corrected chi connectivity index (χ2v) is 6.06. The highest BCUT2D eigenvalue weighted by Crippen LogP contribution is 2.16. The molecule has 0 spiro atoms. The number of carbonyl (C=O) groups excluding carboxylic acids is 1. The summed E-state index contributed by atoms with van der Waals surface area (Å²) in [5.41, 5.74) is 3.08. The van der Waals surface area contributed by atoms with Gasteiger partial charge < -0.3 is 4.90 Å². The molecule has 2 aromatic carbocycles. The van der Waals surface area contributed by atoms with E-state index in [0.717, 1.165) is 11.3 Å². The molecule has 0 aliphatic rings. The van der Waals surface area contributed by atoms with E-state index in [4.69, 9.17) is 0 Å². The van der Waals surface area contributed by atoms with Crippen molar-refractivity contribution in [1.29, 1.82) is 0 Å². The maximum absolute atomic E-state index is 13.0. The van der Waals surface area contributed by atoms with E-state index in [-0.39, 0.29) is 5.91 Å². The van der Waals surface area contributed by atoms with Crippen molar-refractivity contribution in [2.24, 2.45) is 0 Å². The van der Waals surface area contributed by atoms with Crippen LogP contribution in [0, 0.1) is 0 Å². The smallest absolute Gasteiger partial charge is 0.256 e. The molecule has 2 aromatic heterocycles. The Morgan fingerprint density at radius 1 is 1.04 bits per heavy atom. The van der Waals surface area contributed by atoms with Crippen LogP contribution in [-0.2, 0) is 6.54 Å². The molecule has 4 rings (SSSR count). The molecule has 0 bridgehead atoms. The third-order valence-electron chi connectivity index (χ3n) is 4.15. The van der Waals surface area contributed by atoms with Crippen molar-refractivity contribution >= 4 is 5.91 Å². The number of benzene rings is 2. The molecule has 0 saturated carbocycles. The first kappa shape index (κ1) is 16.6. The fourth-order valence-electron chi connectivity index (χ4n) is 2.84. The second-order valence-electron chi connectivity index (χ2n) is 6.06. The Labute approximate surface area is 155 Å². The zero-order valence-electron chi connectivity index (χ0n) is 14.7. The number of hydrogen-bond donors (Lipinski definition) is 0. The van der Waals surface area contributed by atoms with Gasteiger partial charge in [0, 0.05) is 25.4 Å². The summed E-state index contributed by atoms with van der Waals surface area (Å²) in [5.74, 6) is -0.117. The average Bonchev–Trinajstić information content (AvgIpc) is 3.40. The van der Waals surface area contributed by atoms with Gasteiger partial charge in [-0.15, -0.1) is 5.10 Å². The normalized spacial score (nSPS) is 10.7. The Balaban J connectivity index is 1.54. The van der Waals surface area contributed by atoms with E-state index < -0.39 is 0 Å². The van der Waals surface area contributed by atoms with Crippen LogP contribution >= 0.6 is 0 Å². The predicted molar refractivity (Wildman–Crippen MR) is 98.5 cm³/mol. The molecule has 0 aliphatic carbocycles. The van der Waals surface area contributed by atoms with Crippen molar-refractivity contribution in [3.8, 4) is 11.4 Å². The summed E-state index contributed by atoms with van der Waals surface area (Å²) in [5, 5.41) is 15.5. The largest absolute Gasteiger partial charge is 0.337 e. The van der Waals surface area contributed by atoms with Gasteiger partial charge in [-0.05, 0) is 34.7 Å². The highest BCUT2D eigenvalue weighted by molar-refractivity contribution is 5.97. The van der Waals surface area contributed by atoms with Crippen LogP contribution in [0.4, 0.5) is 0 Å². The van der Waals surface area contributed by atoms with Gasteiger partial charge >= 0.3 is 0 Å². The van der Waals surface area contributed by atoms with Crippen molar-refractivity contribution < 1.29 is 4.79 Å². The molecule has 27 heavy (non-hydrogen) atoms. The van der Waals surface area contributed by atoms with E-state index >= 15 is 0 Å². The van der Waals surface area contributed by atoms with Crippen LogP contribution in [-0.4, -0.2) is 47.8 Å². The van der Waals surface area contributed by atoms with Gasteiger partial charge in [0.05, 0.1) is 23.1 Å². The zero-order chi connectivity index (χ0) is 18.6. The van der Waals surface area contributed by atoms with Crippen molar-refractivity contribution in [1.82, 2.24) is 34.9 Å². The summed E-state index contributed by atoms with van der Waals surface area (Å²) < 4.78 is 3.27. The Morgan fingerprint density at radius 2 is 1.81 bits per heavy atom. The first-order valence-corrected chi connectivity index (χ1v) is 8.39. The Bertz CT molecular complexity index is 1040. The fourth-order valence-corrected chi connectivity index (χ4v) is 2.84. The van der Waals surface area contributed by atoms with Gasteiger partial charge in [0.15, 0.2) is 0 Å². The molecule has 0 radical (unpaired) electrons. The van der Waals surface area contributed by atoms with E-state index in [1.807, 2.05) is 54.7 Å². The standard InChI is InChI=1S/C19H17N7O/c1-24(12-15-11-21-25(13-15)16-7-3-2-4-8-16)19(27)17-9-5-6-10-18(17)26-14-20-22-23-26/h2-11,13-14H,12H2,1H3. The third-order valence-corrected chi connectivity index (χ3v) is 4.15. The van der Waals surface area contributed by atoms with Crippen molar-refractivity contribution in [3.05, 3.63) is 84.4 Å². The van der Waals surface area contributed by atoms with Gasteiger partial charge in [-0.3, -0.25) is 4.79 Å². The number of nitrogens with zero attached hydrogens (tertiary/aromatic N) is 7. The predicted octanol–water partition coefficient (Wildman–Crippen LogP) is 2.12. The Morgan fingerprint density at radius 3 is 2.59 bits per heavy atom. The highest BCUT2D eigenvalue weighted by atomic mass is 16.2. The van der Waals surface area contributed by atoms with Crippen LogP contribution in [0.2, 0.25) is 0 Å². The number of tetrazole rings is 1. The minimum atomic E-state index is -0.117. The lowest BCUT2D eigenvalue weighted by atomic mass is 10.1. The quantitative estimate of drug-likeness (QED) is 0.545. The average molecular weight is 359 g/mol. The number of aromatic nitrogens is 6. The van der Waals surface area contributed by atoms with E-state index in [1.165, 1.54) is 11.0 Å². The van der Waals surface area contributed by atoms with Crippen LogP contribution in [0.15, 0.2) is 73.3 Å². The molecule has 0 N–H and O–H groups in total. The number of carbonyl (C=O) groups is 1. The number of amides is 1. The highest BCUT2D eigenvalue weighted by Gasteiger charge is 2.18. The Kier molecular flexibility index (Phi) is 4.44. The molecule has 4 aromatic rings. The molecule has 134 valence electrons. The monoisotopic (exact) mass is 359 g/mol. The molecule has 0 unspecified atom stereocenters. The SMILES string of the molecule is CN(Cc1cnn(-c2ccccc2)c1)C(=O)c1ccccc1-n1cnnn1. The molecule has 8 nitrogen and oxygen atoms in total. The first-order valence-electron chi connectivity index (χ1n) is 8.39. The van der Waals surface area contributed by atoms with Gasteiger partial charge in [-0.1, -0.05) is 30.3 Å². The van der Waals surface area contributed by atoms with Crippen molar-refractivity contribution in [3.63, 3.8) is 0 Å². The van der Waals surface area contributed by atoms with Gasteiger partial charge in [0.2, 0.25) is 0 Å². The summed E-state index contributed by atoms with van der Waals surface area (Å²) in [6.45, 7) is 0.440. The lowest BCUT2D eigenvalue weighted by Crippen LogP contribution is -2.27. The number of para-hydroxylation sites is 2. The molecular weight excluding hydrogens is 342 g/mol. The topological polar surface area (TPSA) is 81.7 Å². The maximum Gasteiger partial charge on any atom is 0.256 e. The summed E-state index contributed by atoms with van der Waals surface area (Å²) in [6, 6.07) is 17.1. The fraction of sp³-hybridized carbons (Fsp3) is 0.105. The molecule has 0 aliphatic heterocycles. The maximum atomic E-state index is 13.0. The summed E-state index contributed by atoms with van der Waals surface area (Å²) in [7, 11) is 1.76. The number of rotatable bonds is 5. The first-order chi connectivity index (χ1) is 13.2. The lowest BCUT2D eigenvalue weighted by Gasteiger charge is -2.18. The Hall–Kier alpha value is -3.81. The van der Waals surface area contributed by atoms with E-state index in [2.05, 4.69) is 20.6 Å². The minimum Gasteiger partial charge on any atom is -0.337 e. The van der Waals surface area contributed by atoms with Crippen LogP contribution in [0.3, 0.4) is 0 Å². The minimum absolute atomic E-state index is 0.117. The molecule has 2 heterocycles. The van der Waals surface area contributed by atoms with Gasteiger partial charge in [-0.25, -0.2) is 4.68 Å². The van der Waals surface area contributed by atoms with Crippen LogP contribution in [0.25, 0.3) is 11.4 Å². The molecule has 8 heteroatoms. The van der Waals surface area contributed by atoms with Crippen molar-refractivity contribution in [2.45, 2.75) is 6.54 Å². The van der Waals surface area contributed by atoms with E-state index in [0.29, 0.717) is 17.8 Å². The summed E-state index contributed by atoms with van der Waals surface area (Å²) >= 11 is 0. The third kappa shape index (κ3) is 3.45. The van der Waals surface area contributed by atoms with Crippen LogP contribution in [0.1, 0.15) is 15.9 Å². The molecule has 1 amide bonds. The van der Waals surface area contributed by atoms with Crippen LogP contribution < -0.4 is 0 Å². The van der Waals surface area contributed by atoms with Crippen molar-refractivity contribution in [2.75, 3.05) is 7.05 Å². The van der Waals surface area contributed by atoms with Crippen LogP contribution in [0.5, 0.6) is 0 Å². The van der Waals surface area contributed by atoms with Gasteiger partial charge in [-0.2, -0.15) is 9.78 Å². The van der Waals surface area contributed by atoms with E-state index in [1.54, 1.807) is 28.9 Å². The molecule has 0 fully saturated rings. The molecule has 0 saturated heterocycles. The number of hydrogen-bond acceptors (Lipinski definition) is 5. The van der Waals surface area contributed by atoms with Gasteiger partial charge in [0.25, 0.3) is 5.91 Å². The summed E-state index contributed by atoms with van der Waals surface area (Å²) in [4.78, 5) is 14.6. The van der Waals surface area contributed by atoms with E-state index in [9.17, 15) is 4.79 Å². The lowest BCUT2D eigenvalue weighted by molar-refractivity contribution is 0.0785. The molecule has 0 atom stereocenters.